The van der Waals surface area contributed by atoms with Gasteiger partial charge in [0.1, 0.15) is 5.75 Å². The first-order chi connectivity index (χ1) is 13.0. The van der Waals surface area contributed by atoms with E-state index in [9.17, 15) is 9.59 Å². The fraction of sp³-hybridized carbons (Fsp3) is 0.333. The summed E-state index contributed by atoms with van der Waals surface area (Å²) in [6.45, 7) is 5.11. The highest BCUT2D eigenvalue weighted by Crippen LogP contribution is 2.16. The van der Waals surface area contributed by atoms with E-state index in [-0.39, 0.29) is 0 Å². The minimum absolute atomic E-state index is 0.316. The lowest BCUT2D eigenvalue weighted by Gasteiger charge is -2.06. The first kappa shape index (κ1) is 18.4. The van der Waals surface area contributed by atoms with Gasteiger partial charge in [0, 0.05) is 13.6 Å². The number of hydrazone groups is 1. The van der Waals surface area contributed by atoms with Crippen molar-refractivity contribution in [3.63, 3.8) is 0 Å². The Kier molecular flexibility index (Phi) is 5.39. The summed E-state index contributed by atoms with van der Waals surface area (Å²) in [4.78, 5) is 30.7. The summed E-state index contributed by atoms with van der Waals surface area (Å²) in [5.41, 5.74) is 3.45. The maximum absolute atomic E-state index is 12.2. The van der Waals surface area contributed by atoms with E-state index in [1.807, 2.05) is 38.1 Å². The molecule has 3 aromatic rings. The number of ether oxygens (including phenoxy) is 1. The third-order valence-electron chi connectivity index (χ3n) is 4.02. The monoisotopic (exact) mass is 370 g/mol. The van der Waals surface area contributed by atoms with E-state index in [1.54, 1.807) is 17.8 Å². The topological polar surface area (TPSA) is 106 Å². The average Bonchev–Trinajstić information content (AvgIpc) is 3.01. The molecule has 2 heterocycles. The number of anilines is 1. The molecule has 142 valence electrons. The normalized spacial score (nSPS) is 11.4. The molecule has 0 fully saturated rings. The van der Waals surface area contributed by atoms with Gasteiger partial charge >= 0.3 is 5.69 Å². The number of aryl methyl sites for hydroxylation is 2. The number of hydrogen-bond donors (Lipinski definition) is 2. The van der Waals surface area contributed by atoms with Gasteiger partial charge in [-0.2, -0.15) is 10.1 Å². The molecule has 2 aromatic heterocycles. The number of nitrogens with zero attached hydrogens (tertiary/aromatic N) is 4. The number of aromatic nitrogens is 4. The Labute approximate surface area is 155 Å². The summed E-state index contributed by atoms with van der Waals surface area (Å²) in [6.07, 6.45) is 2.44. The van der Waals surface area contributed by atoms with Gasteiger partial charge in [0.25, 0.3) is 5.56 Å². The van der Waals surface area contributed by atoms with Crippen LogP contribution in [0.15, 0.2) is 39.0 Å². The molecule has 0 aliphatic carbocycles. The van der Waals surface area contributed by atoms with Crippen LogP contribution in [0.2, 0.25) is 0 Å². The van der Waals surface area contributed by atoms with Crippen LogP contribution in [0.25, 0.3) is 11.2 Å². The van der Waals surface area contributed by atoms with Crippen LogP contribution in [-0.4, -0.2) is 31.9 Å². The summed E-state index contributed by atoms with van der Waals surface area (Å²) in [7, 11) is 1.57. The van der Waals surface area contributed by atoms with Crippen molar-refractivity contribution in [1.82, 2.24) is 19.1 Å². The fourth-order valence-electron chi connectivity index (χ4n) is 2.74. The first-order valence-corrected chi connectivity index (χ1v) is 8.76. The number of imidazole rings is 1. The van der Waals surface area contributed by atoms with Crippen molar-refractivity contribution in [3.8, 4) is 5.75 Å². The van der Waals surface area contributed by atoms with E-state index >= 15 is 0 Å². The summed E-state index contributed by atoms with van der Waals surface area (Å²) in [5, 5.41) is 4.21. The molecule has 27 heavy (non-hydrogen) atoms. The molecule has 0 amide bonds. The molecule has 3 rings (SSSR count). The Morgan fingerprint density at radius 1 is 1.26 bits per heavy atom. The quantitative estimate of drug-likeness (QED) is 0.486. The first-order valence-electron chi connectivity index (χ1n) is 8.76. The number of benzene rings is 1. The van der Waals surface area contributed by atoms with Crippen LogP contribution in [0.5, 0.6) is 5.75 Å². The zero-order valence-corrected chi connectivity index (χ0v) is 15.5. The molecule has 0 aliphatic heterocycles. The van der Waals surface area contributed by atoms with Gasteiger partial charge < -0.3 is 9.30 Å². The maximum atomic E-state index is 12.2. The van der Waals surface area contributed by atoms with E-state index in [0.717, 1.165) is 17.7 Å². The highest BCUT2D eigenvalue weighted by atomic mass is 16.5. The van der Waals surface area contributed by atoms with Crippen LogP contribution < -0.4 is 21.4 Å². The minimum Gasteiger partial charge on any atom is -0.494 e. The predicted octanol–water partition coefficient (Wildman–Crippen LogP) is 1.68. The van der Waals surface area contributed by atoms with Crippen molar-refractivity contribution in [2.45, 2.75) is 26.8 Å². The molecule has 0 bridgehead atoms. The van der Waals surface area contributed by atoms with Crippen molar-refractivity contribution in [2.75, 3.05) is 12.0 Å². The van der Waals surface area contributed by atoms with Crippen molar-refractivity contribution in [2.24, 2.45) is 12.1 Å². The number of fused-ring (bicyclic) bond motifs is 1. The molecule has 9 nitrogen and oxygen atoms in total. The molecule has 0 spiro atoms. The summed E-state index contributed by atoms with van der Waals surface area (Å²) < 4.78 is 8.44. The third kappa shape index (κ3) is 3.76. The van der Waals surface area contributed by atoms with Crippen LogP contribution in [0.1, 0.15) is 25.8 Å². The van der Waals surface area contributed by atoms with E-state index in [2.05, 4.69) is 20.5 Å². The lowest BCUT2D eigenvalue weighted by atomic mass is 10.2. The molecule has 0 unspecified atom stereocenters. The Hall–Kier alpha value is -3.36. The van der Waals surface area contributed by atoms with Crippen LogP contribution in [0, 0.1) is 0 Å². The lowest BCUT2D eigenvalue weighted by Crippen LogP contribution is -2.29. The van der Waals surface area contributed by atoms with Crippen molar-refractivity contribution in [3.05, 3.63) is 50.7 Å². The highest BCUT2D eigenvalue weighted by Gasteiger charge is 2.16. The SMILES string of the molecule is CCCn1c(N/N=C/c2ccc(OCC)cc2)nc2c1c(=O)[nH]c(=O)n2C. The van der Waals surface area contributed by atoms with Gasteiger partial charge in [0.15, 0.2) is 11.2 Å². The Bertz CT molecular complexity index is 1080. The molecular weight excluding hydrogens is 348 g/mol. The lowest BCUT2D eigenvalue weighted by molar-refractivity contribution is 0.340. The van der Waals surface area contributed by atoms with Crippen molar-refractivity contribution >= 4 is 23.3 Å². The molecular formula is C18H22N6O3. The van der Waals surface area contributed by atoms with Gasteiger partial charge in [-0.25, -0.2) is 10.2 Å². The largest absolute Gasteiger partial charge is 0.494 e. The molecule has 0 atom stereocenters. The second kappa shape index (κ2) is 7.90. The van der Waals surface area contributed by atoms with Gasteiger partial charge in [-0.05, 0) is 43.2 Å². The highest BCUT2D eigenvalue weighted by molar-refractivity contribution is 5.80. The fourth-order valence-corrected chi connectivity index (χ4v) is 2.74. The number of aromatic amines is 1. The van der Waals surface area contributed by atoms with Crippen LogP contribution >= 0.6 is 0 Å². The van der Waals surface area contributed by atoms with E-state index < -0.39 is 11.2 Å². The second-order valence-corrected chi connectivity index (χ2v) is 5.95. The average molecular weight is 370 g/mol. The smallest absolute Gasteiger partial charge is 0.329 e. The molecule has 0 saturated carbocycles. The maximum Gasteiger partial charge on any atom is 0.329 e. The summed E-state index contributed by atoms with van der Waals surface area (Å²) in [6, 6.07) is 7.51. The van der Waals surface area contributed by atoms with E-state index in [0.29, 0.717) is 30.3 Å². The second-order valence-electron chi connectivity index (χ2n) is 5.95. The minimum atomic E-state index is -0.502. The third-order valence-corrected chi connectivity index (χ3v) is 4.02. The number of rotatable bonds is 7. The summed E-state index contributed by atoms with van der Waals surface area (Å²) in [5.74, 6) is 1.20. The van der Waals surface area contributed by atoms with Crippen LogP contribution in [-0.2, 0) is 13.6 Å². The van der Waals surface area contributed by atoms with Crippen LogP contribution in [0.3, 0.4) is 0 Å². The molecule has 9 heteroatoms. The Morgan fingerprint density at radius 3 is 2.67 bits per heavy atom. The van der Waals surface area contributed by atoms with Gasteiger partial charge in [0.2, 0.25) is 5.95 Å². The number of H-pyrrole nitrogens is 1. The number of nitrogens with one attached hydrogen (secondary N) is 2. The van der Waals surface area contributed by atoms with Crippen LogP contribution in [0.4, 0.5) is 5.95 Å². The molecule has 2 N–H and O–H groups in total. The number of hydrogen-bond acceptors (Lipinski definition) is 6. The Morgan fingerprint density at radius 2 is 2.00 bits per heavy atom. The van der Waals surface area contributed by atoms with Gasteiger partial charge in [-0.15, -0.1) is 0 Å². The van der Waals surface area contributed by atoms with Crippen molar-refractivity contribution in [1.29, 1.82) is 0 Å². The molecule has 1 aromatic carbocycles. The van der Waals surface area contributed by atoms with Crippen molar-refractivity contribution < 1.29 is 4.74 Å². The zero-order chi connectivity index (χ0) is 19.4. The molecule has 0 radical (unpaired) electrons. The Balaban J connectivity index is 1.91. The van der Waals surface area contributed by atoms with E-state index in [4.69, 9.17) is 4.74 Å². The van der Waals surface area contributed by atoms with Gasteiger partial charge in [-0.1, -0.05) is 6.92 Å². The predicted molar refractivity (Wildman–Crippen MR) is 105 cm³/mol. The molecule has 0 aliphatic rings. The standard InChI is InChI=1S/C18H22N6O3/c1-4-10-24-14-15(23(3)18(26)21-16(14)25)20-17(24)22-19-11-12-6-8-13(9-7-12)27-5-2/h6-9,11H,4-5,10H2,1-3H3,(H,20,22)(H,21,25,26)/b19-11+. The van der Waals surface area contributed by atoms with E-state index in [1.165, 1.54) is 4.57 Å². The van der Waals surface area contributed by atoms with Gasteiger partial charge in [0.05, 0.1) is 12.8 Å². The zero-order valence-electron chi connectivity index (χ0n) is 15.5. The van der Waals surface area contributed by atoms with Gasteiger partial charge in [-0.3, -0.25) is 14.3 Å². The summed E-state index contributed by atoms with van der Waals surface area (Å²) >= 11 is 0. The molecule has 0 saturated heterocycles.